The first-order valence-electron chi connectivity index (χ1n) is 11.9. The zero-order valence-corrected chi connectivity index (χ0v) is 21.4. The van der Waals surface area contributed by atoms with Crippen LogP contribution in [0, 0.1) is 18.6 Å². The lowest BCUT2D eigenvalue weighted by Gasteiger charge is -2.08. The molecule has 0 aliphatic rings. The Bertz CT molecular complexity index is 1180. The Hall–Kier alpha value is -3.42. The fraction of sp³-hybridized carbons (Fsp3) is 0.241. The van der Waals surface area contributed by atoms with Gasteiger partial charge >= 0.3 is 0 Å². The van der Waals surface area contributed by atoms with Gasteiger partial charge in [0.15, 0.2) is 0 Å². The molecule has 0 atom stereocenters. The first-order valence-corrected chi connectivity index (χ1v) is 12.8. The number of carbonyl (C=O) groups excluding carboxylic acids is 1. The Labute approximate surface area is 215 Å². The van der Waals surface area contributed by atoms with Gasteiger partial charge in [-0.15, -0.1) is 11.3 Å². The van der Waals surface area contributed by atoms with Gasteiger partial charge < -0.3 is 10.6 Å². The summed E-state index contributed by atoms with van der Waals surface area (Å²) in [6.07, 6.45) is 3.75. The molecule has 188 valence electrons. The zero-order chi connectivity index (χ0) is 25.8. The Balaban J connectivity index is 0.000000338. The molecule has 0 aliphatic heterocycles. The number of nitrogens with zero attached hydrogens (tertiary/aromatic N) is 1. The van der Waals surface area contributed by atoms with E-state index in [1.165, 1.54) is 23.3 Å². The highest BCUT2D eigenvalue weighted by atomic mass is 32.1. The molecule has 0 saturated carbocycles. The van der Waals surface area contributed by atoms with Gasteiger partial charge in [0.1, 0.15) is 16.6 Å². The van der Waals surface area contributed by atoms with Crippen molar-refractivity contribution in [1.29, 1.82) is 0 Å². The second-order valence-electron chi connectivity index (χ2n) is 8.32. The predicted octanol–water partition coefficient (Wildman–Crippen LogP) is 6.56. The van der Waals surface area contributed by atoms with Crippen LogP contribution in [0.1, 0.15) is 40.4 Å². The summed E-state index contributed by atoms with van der Waals surface area (Å²) in [5.74, 6) is -1.07. The number of aryl methyl sites for hydroxylation is 2. The van der Waals surface area contributed by atoms with Crippen LogP contribution < -0.4 is 10.6 Å². The molecule has 1 heterocycles. The van der Waals surface area contributed by atoms with E-state index in [9.17, 15) is 13.6 Å². The lowest BCUT2D eigenvalue weighted by Crippen LogP contribution is -2.27. The normalized spacial score (nSPS) is 10.4. The molecule has 1 aromatic heterocycles. The summed E-state index contributed by atoms with van der Waals surface area (Å²) in [5, 5.41) is 9.33. The van der Waals surface area contributed by atoms with Crippen LogP contribution in [0.3, 0.4) is 0 Å². The molecule has 36 heavy (non-hydrogen) atoms. The average Bonchev–Trinajstić information content (AvgIpc) is 3.41. The second-order valence-corrected chi connectivity index (χ2v) is 9.22. The lowest BCUT2D eigenvalue weighted by atomic mass is 10.1. The van der Waals surface area contributed by atoms with Crippen molar-refractivity contribution >= 4 is 17.2 Å². The Morgan fingerprint density at radius 1 is 0.944 bits per heavy atom. The first-order chi connectivity index (χ1) is 17.4. The van der Waals surface area contributed by atoms with E-state index < -0.39 is 11.6 Å². The van der Waals surface area contributed by atoms with Crippen LogP contribution in [-0.2, 0) is 13.0 Å². The van der Waals surface area contributed by atoms with Gasteiger partial charge in [0.25, 0.3) is 5.91 Å². The highest BCUT2D eigenvalue weighted by Gasteiger charge is 2.06. The summed E-state index contributed by atoms with van der Waals surface area (Å²) in [6, 6.07) is 19.7. The molecule has 0 aliphatic carbocycles. The Morgan fingerprint density at radius 3 is 2.31 bits per heavy atom. The SMILES string of the molecule is CCc1cccc(CNCCCNC(=O)c2ccc(-c3nccs3)cc2)c1.Cc1cc(F)cc(F)c1. The molecule has 0 fully saturated rings. The fourth-order valence-corrected chi connectivity index (χ4v) is 4.18. The molecule has 0 saturated heterocycles. The van der Waals surface area contributed by atoms with E-state index in [1.54, 1.807) is 24.5 Å². The Morgan fingerprint density at radius 2 is 1.67 bits per heavy atom. The number of halogens is 2. The van der Waals surface area contributed by atoms with Crippen molar-refractivity contribution in [3.63, 3.8) is 0 Å². The van der Waals surface area contributed by atoms with Crippen molar-refractivity contribution in [2.45, 2.75) is 33.2 Å². The van der Waals surface area contributed by atoms with Gasteiger partial charge in [-0.25, -0.2) is 13.8 Å². The molecule has 3 aromatic carbocycles. The van der Waals surface area contributed by atoms with Crippen molar-refractivity contribution < 1.29 is 13.6 Å². The van der Waals surface area contributed by atoms with E-state index in [4.69, 9.17) is 0 Å². The third-order valence-corrected chi connectivity index (χ3v) is 6.20. The van der Waals surface area contributed by atoms with Crippen LogP contribution in [0.15, 0.2) is 78.3 Å². The maximum absolute atomic E-state index is 12.2. The summed E-state index contributed by atoms with van der Waals surface area (Å²) in [6.45, 7) is 6.21. The minimum Gasteiger partial charge on any atom is -0.352 e. The van der Waals surface area contributed by atoms with E-state index in [2.05, 4.69) is 46.8 Å². The molecule has 0 radical (unpaired) electrons. The summed E-state index contributed by atoms with van der Waals surface area (Å²) in [7, 11) is 0. The van der Waals surface area contributed by atoms with Gasteiger partial charge in [0.05, 0.1) is 0 Å². The molecule has 4 nitrogen and oxygen atoms in total. The highest BCUT2D eigenvalue weighted by Crippen LogP contribution is 2.21. The van der Waals surface area contributed by atoms with Crippen molar-refractivity contribution in [2.24, 2.45) is 0 Å². The molecule has 4 rings (SSSR count). The van der Waals surface area contributed by atoms with Gasteiger partial charge in [0.2, 0.25) is 0 Å². The van der Waals surface area contributed by atoms with Gasteiger partial charge in [-0.2, -0.15) is 0 Å². The average molecular weight is 508 g/mol. The van der Waals surface area contributed by atoms with E-state index in [0.29, 0.717) is 17.7 Å². The van der Waals surface area contributed by atoms with Crippen molar-refractivity contribution in [3.8, 4) is 10.6 Å². The highest BCUT2D eigenvalue weighted by molar-refractivity contribution is 7.13. The topological polar surface area (TPSA) is 54.0 Å². The van der Waals surface area contributed by atoms with Gasteiger partial charge in [0, 0.05) is 41.9 Å². The Kier molecular flexibility index (Phi) is 10.7. The van der Waals surface area contributed by atoms with Crippen LogP contribution in [0.5, 0.6) is 0 Å². The van der Waals surface area contributed by atoms with Crippen molar-refractivity contribution in [1.82, 2.24) is 15.6 Å². The summed E-state index contributed by atoms with van der Waals surface area (Å²) < 4.78 is 24.4. The number of rotatable bonds is 9. The van der Waals surface area contributed by atoms with Crippen molar-refractivity contribution in [3.05, 3.63) is 112 Å². The number of benzene rings is 3. The van der Waals surface area contributed by atoms with Crippen LogP contribution in [-0.4, -0.2) is 24.0 Å². The molecule has 2 N–H and O–H groups in total. The van der Waals surface area contributed by atoms with Gasteiger partial charge in [-0.05, 0) is 67.3 Å². The third-order valence-electron chi connectivity index (χ3n) is 5.38. The number of carbonyl (C=O) groups is 1. The number of thiazole rings is 1. The standard InChI is InChI=1S/C22H25N3OS.C7H6F2/c1-2-17-5-3-6-18(15-17)16-23-11-4-12-24-21(26)19-7-9-20(10-8-19)22-25-13-14-27-22;1-5-2-6(8)4-7(9)3-5/h3,5-10,13-15,23H,2,4,11-12,16H2,1H3,(H,24,26);2-4H,1H3. The molecule has 4 aromatic rings. The quantitative estimate of drug-likeness (QED) is 0.253. The molecule has 0 bridgehead atoms. The third kappa shape index (κ3) is 8.98. The maximum atomic E-state index is 12.2. The predicted molar refractivity (Wildman–Crippen MR) is 143 cm³/mol. The number of hydrogen-bond donors (Lipinski definition) is 2. The van der Waals surface area contributed by atoms with E-state index in [-0.39, 0.29) is 5.91 Å². The molecular weight excluding hydrogens is 476 g/mol. The minimum atomic E-state index is -0.521. The van der Waals surface area contributed by atoms with Crippen molar-refractivity contribution in [2.75, 3.05) is 13.1 Å². The number of aromatic nitrogens is 1. The largest absolute Gasteiger partial charge is 0.352 e. The van der Waals surface area contributed by atoms with E-state index in [1.807, 2.05) is 29.6 Å². The molecule has 7 heteroatoms. The molecule has 1 amide bonds. The minimum absolute atomic E-state index is 0.0312. The molecule has 0 unspecified atom stereocenters. The molecule has 0 spiro atoms. The zero-order valence-electron chi connectivity index (χ0n) is 20.6. The second kappa shape index (κ2) is 14.2. The van der Waals surface area contributed by atoms with Gasteiger partial charge in [-0.3, -0.25) is 4.79 Å². The van der Waals surface area contributed by atoms with E-state index in [0.717, 1.165) is 42.6 Å². The van der Waals surface area contributed by atoms with Crippen LogP contribution >= 0.6 is 11.3 Å². The summed E-state index contributed by atoms with van der Waals surface area (Å²) in [4.78, 5) is 16.5. The smallest absolute Gasteiger partial charge is 0.251 e. The maximum Gasteiger partial charge on any atom is 0.251 e. The lowest BCUT2D eigenvalue weighted by molar-refractivity contribution is 0.0953. The monoisotopic (exact) mass is 507 g/mol. The number of amides is 1. The van der Waals surface area contributed by atoms with Crippen LogP contribution in [0.4, 0.5) is 8.78 Å². The fourth-order valence-electron chi connectivity index (χ4n) is 3.53. The molecular formula is C29H31F2N3OS. The van der Waals surface area contributed by atoms with E-state index >= 15 is 0 Å². The first kappa shape index (κ1) is 27.2. The number of nitrogens with one attached hydrogen (secondary N) is 2. The summed E-state index contributed by atoms with van der Waals surface area (Å²) >= 11 is 1.59. The van der Waals surface area contributed by atoms with Crippen LogP contribution in [0.25, 0.3) is 10.6 Å². The van der Waals surface area contributed by atoms with Crippen LogP contribution in [0.2, 0.25) is 0 Å². The summed E-state index contributed by atoms with van der Waals surface area (Å²) in [5.41, 5.74) is 4.99. The number of hydrogen-bond acceptors (Lipinski definition) is 4. The van der Waals surface area contributed by atoms with Gasteiger partial charge in [-0.1, -0.05) is 43.3 Å².